The van der Waals surface area contributed by atoms with E-state index in [-0.39, 0.29) is 10.6 Å². The molecule has 1 rings (SSSR count). The molecule has 0 aliphatic rings. The van der Waals surface area contributed by atoms with Gasteiger partial charge in [0.25, 0.3) is 5.69 Å². The van der Waals surface area contributed by atoms with Crippen molar-refractivity contribution in [2.24, 2.45) is 4.99 Å². The first kappa shape index (κ1) is 19.7. The number of nitrogens with zero attached hydrogens (tertiary/aromatic N) is 2. The van der Waals surface area contributed by atoms with Gasteiger partial charge in [-0.25, -0.2) is 0 Å². The van der Waals surface area contributed by atoms with Crippen LogP contribution in [-0.4, -0.2) is 50.3 Å². The van der Waals surface area contributed by atoms with E-state index in [1.165, 1.54) is 6.07 Å². The molecule has 0 spiro atoms. The maximum absolute atomic E-state index is 11.0. The topological polar surface area (TPSA) is 101 Å². The molecule has 0 heterocycles. The SMILES string of the molecule is CCNC(=NCCCOCC)NCCNc1ccccc1[N+](=O)[O-]. The van der Waals surface area contributed by atoms with Crippen LogP contribution in [0.25, 0.3) is 0 Å². The van der Waals surface area contributed by atoms with Crippen LogP contribution >= 0.6 is 0 Å². The van der Waals surface area contributed by atoms with Crippen molar-refractivity contribution in [2.45, 2.75) is 20.3 Å². The van der Waals surface area contributed by atoms with Gasteiger partial charge in [-0.05, 0) is 26.3 Å². The average molecular weight is 337 g/mol. The lowest BCUT2D eigenvalue weighted by molar-refractivity contribution is -0.384. The highest BCUT2D eigenvalue weighted by molar-refractivity contribution is 5.79. The zero-order valence-electron chi connectivity index (χ0n) is 14.4. The molecule has 0 unspecified atom stereocenters. The monoisotopic (exact) mass is 337 g/mol. The van der Waals surface area contributed by atoms with E-state index in [0.717, 1.165) is 25.5 Å². The first-order valence-corrected chi connectivity index (χ1v) is 8.26. The van der Waals surface area contributed by atoms with Crippen molar-refractivity contribution in [3.8, 4) is 0 Å². The molecule has 1 aromatic rings. The van der Waals surface area contributed by atoms with Crippen molar-refractivity contribution in [2.75, 3.05) is 44.7 Å². The normalized spacial score (nSPS) is 11.2. The van der Waals surface area contributed by atoms with Crippen LogP contribution < -0.4 is 16.0 Å². The summed E-state index contributed by atoms with van der Waals surface area (Å²) in [5.41, 5.74) is 0.594. The first-order chi connectivity index (χ1) is 11.7. The molecule has 0 aromatic heterocycles. The number of hydrogen-bond acceptors (Lipinski definition) is 5. The zero-order valence-corrected chi connectivity index (χ0v) is 14.4. The van der Waals surface area contributed by atoms with Crippen LogP contribution in [0.15, 0.2) is 29.3 Å². The lowest BCUT2D eigenvalue weighted by Gasteiger charge is -2.12. The van der Waals surface area contributed by atoms with E-state index in [2.05, 4.69) is 20.9 Å². The molecule has 0 fully saturated rings. The molecule has 24 heavy (non-hydrogen) atoms. The van der Waals surface area contributed by atoms with Gasteiger partial charge in [-0.3, -0.25) is 15.1 Å². The highest BCUT2D eigenvalue weighted by Crippen LogP contribution is 2.22. The molecule has 0 bridgehead atoms. The smallest absolute Gasteiger partial charge is 0.292 e. The van der Waals surface area contributed by atoms with Gasteiger partial charge < -0.3 is 20.7 Å². The number of guanidine groups is 1. The molecule has 8 heteroatoms. The third kappa shape index (κ3) is 7.77. The molecule has 0 saturated carbocycles. The molecule has 1 aromatic carbocycles. The zero-order chi connectivity index (χ0) is 17.6. The lowest BCUT2D eigenvalue weighted by atomic mass is 10.2. The predicted octanol–water partition coefficient (Wildman–Crippen LogP) is 1.99. The Morgan fingerprint density at radius 2 is 2.04 bits per heavy atom. The third-order valence-electron chi connectivity index (χ3n) is 3.10. The number of nitro benzene ring substituents is 1. The Labute approximate surface area is 142 Å². The number of nitro groups is 1. The van der Waals surface area contributed by atoms with Gasteiger partial charge in [0.15, 0.2) is 5.96 Å². The summed E-state index contributed by atoms with van der Waals surface area (Å²) in [6, 6.07) is 6.61. The number of anilines is 1. The number of aliphatic imine (C=N–C) groups is 1. The van der Waals surface area contributed by atoms with E-state index in [1.54, 1.807) is 18.2 Å². The average Bonchev–Trinajstić information content (AvgIpc) is 2.58. The molecule has 0 radical (unpaired) electrons. The number of para-hydroxylation sites is 2. The van der Waals surface area contributed by atoms with Crippen LogP contribution in [0.4, 0.5) is 11.4 Å². The molecule has 0 saturated heterocycles. The van der Waals surface area contributed by atoms with Crippen LogP contribution in [-0.2, 0) is 4.74 Å². The molecular weight excluding hydrogens is 310 g/mol. The fourth-order valence-corrected chi connectivity index (χ4v) is 2.00. The fraction of sp³-hybridized carbons (Fsp3) is 0.562. The van der Waals surface area contributed by atoms with E-state index < -0.39 is 0 Å². The van der Waals surface area contributed by atoms with E-state index in [4.69, 9.17) is 4.74 Å². The van der Waals surface area contributed by atoms with E-state index in [9.17, 15) is 10.1 Å². The Hall–Kier alpha value is -2.35. The van der Waals surface area contributed by atoms with Crippen molar-refractivity contribution >= 4 is 17.3 Å². The van der Waals surface area contributed by atoms with Crippen LogP contribution in [0.3, 0.4) is 0 Å². The van der Waals surface area contributed by atoms with Gasteiger partial charge in [0.05, 0.1) is 4.92 Å². The Bertz CT molecular complexity index is 522. The Morgan fingerprint density at radius 1 is 1.25 bits per heavy atom. The maximum Gasteiger partial charge on any atom is 0.292 e. The van der Waals surface area contributed by atoms with Crippen LogP contribution in [0.5, 0.6) is 0 Å². The molecule has 0 aliphatic heterocycles. The van der Waals surface area contributed by atoms with Crippen LogP contribution in [0.2, 0.25) is 0 Å². The molecular formula is C16H27N5O3. The number of ether oxygens (including phenoxy) is 1. The van der Waals surface area contributed by atoms with Gasteiger partial charge in [-0.15, -0.1) is 0 Å². The summed E-state index contributed by atoms with van der Waals surface area (Å²) in [5.74, 6) is 0.735. The Kier molecular flexibility index (Phi) is 9.95. The molecule has 3 N–H and O–H groups in total. The number of hydrogen-bond donors (Lipinski definition) is 3. The summed E-state index contributed by atoms with van der Waals surface area (Å²) in [6.07, 6.45) is 0.874. The standard InChI is InChI=1S/C16H27N5O3/c1-3-17-16(19-10-7-13-24-4-2)20-12-11-18-14-8-5-6-9-15(14)21(22)23/h5-6,8-9,18H,3-4,7,10-13H2,1-2H3,(H2,17,19,20). The first-order valence-electron chi connectivity index (χ1n) is 8.26. The second kappa shape index (κ2) is 12.1. The van der Waals surface area contributed by atoms with E-state index in [1.807, 2.05) is 13.8 Å². The quantitative estimate of drug-likeness (QED) is 0.188. The van der Waals surface area contributed by atoms with E-state index in [0.29, 0.717) is 31.9 Å². The number of rotatable bonds is 11. The second-order valence-corrected chi connectivity index (χ2v) is 4.94. The van der Waals surface area contributed by atoms with Gasteiger partial charge in [0, 0.05) is 45.5 Å². The highest BCUT2D eigenvalue weighted by Gasteiger charge is 2.11. The minimum absolute atomic E-state index is 0.0778. The summed E-state index contributed by atoms with van der Waals surface area (Å²) in [5, 5.41) is 20.4. The molecule has 0 atom stereocenters. The summed E-state index contributed by atoms with van der Waals surface area (Å²) >= 11 is 0. The van der Waals surface area contributed by atoms with Crippen molar-refractivity contribution in [3.05, 3.63) is 34.4 Å². The fourth-order valence-electron chi connectivity index (χ4n) is 2.00. The molecule has 134 valence electrons. The number of nitrogens with one attached hydrogen (secondary N) is 3. The van der Waals surface area contributed by atoms with Gasteiger partial charge in [0.1, 0.15) is 5.69 Å². The summed E-state index contributed by atoms with van der Waals surface area (Å²) < 4.78 is 5.28. The van der Waals surface area contributed by atoms with Crippen molar-refractivity contribution < 1.29 is 9.66 Å². The van der Waals surface area contributed by atoms with Gasteiger partial charge in [-0.1, -0.05) is 12.1 Å². The minimum atomic E-state index is -0.389. The van der Waals surface area contributed by atoms with Crippen molar-refractivity contribution in [3.63, 3.8) is 0 Å². The van der Waals surface area contributed by atoms with Crippen LogP contribution in [0.1, 0.15) is 20.3 Å². The molecule has 0 amide bonds. The third-order valence-corrected chi connectivity index (χ3v) is 3.10. The van der Waals surface area contributed by atoms with Crippen molar-refractivity contribution in [1.82, 2.24) is 10.6 Å². The van der Waals surface area contributed by atoms with Crippen LogP contribution in [0, 0.1) is 10.1 Å². The lowest BCUT2D eigenvalue weighted by Crippen LogP contribution is -2.39. The summed E-state index contributed by atoms with van der Waals surface area (Å²) in [4.78, 5) is 15.0. The summed E-state index contributed by atoms with van der Waals surface area (Å²) in [6.45, 7) is 8.01. The predicted molar refractivity (Wildman–Crippen MR) is 96.7 cm³/mol. The highest BCUT2D eigenvalue weighted by atomic mass is 16.6. The van der Waals surface area contributed by atoms with E-state index >= 15 is 0 Å². The maximum atomic E-state index is 11.0. The molecule has 8 nitrogen and oxygen atoms in total. The van der Waals surface area contributed by atoms with Gasteiger partial charge >= 0.3 is 0 Å². The minimum Gasteiger partial charge on any atom is -0.382 e. The Morgan fingerprint density at radius 3 is 2.75 bits per heavy atom. The second-order valence-electron chi connectivity index (χ2n) is 4.94. The van der Waals surface area contributed by atoms with Crippen molar-refractivity contribution in [1.29, 1.82) is 0 Å². The largest absolute Gasteiger partial charge is 0.382 e. The van der Waals surface area contributed by atoms with Gasteiger partial charge in [-0.2, -0.15) is 0 Å². The molecule has 0 aliphatic carbocycles. The Balaban J connectivity index is 2.37. The number of benzene rings is 1. The van der Waals surface area contributed by atoms with Gasteiger partial charge in [0.2, 0.25) is 0 Å². The summed E-state index contributed by atoms with van der Waals surface area (Å²) in [7, 11) is 0.